The maximum atomic E-state index is 11.2. The second-order valence-electron chi connectivity index (χ2n) is 3.34. The van der Waals surface area contributed by atoms with E-state index in [4.69, 9.17) is 4.42 Å². The number of phenols is 1. The second-order valence-corrected chi connectivity index (χ2v) is 3.34. The first-order valence-electron chi connectivity index (χ1n) is 4.31. The molecule has 0 atom stereocenters. The molecular weight excluding hydrogens is 180 g/mol. The molecule has 0 aliphatic rings. The van der Waals surface area contributed by atoms with E-state index >= 15 is 0 Å². The lowest BCUT2D eigenvalue weighted by Crippen LogP contribution is -1.88. The van der Waals surface area contributed by atoms with Gasteiger partial charge >= 0.3 is 0 Å². The Kier molecular flexibility index (Phi) is 1.81. The zero-order valence-corrected chi connectivity index (χ0v) is 8.00. The van der Waals surface area contributed by atoms with Crippen LogP contribution in [0.4, 0.5) is 0 Å². The third kappa shape index (κ3) is 1.18. The van der Waals surface area contributed by atoms with Crippen LogP contribution in [0, 0.1) is 6.92 Å². The van der Waals surface area contributed by atoms with Gasteiger partial charge in [-0.25, -0.2) is 0 Å². The van der Waals surface area contributed by atoms with Gasteiger partial charge in [-0.3, -0.25) is 4.79 Å². The lowest BCUT2D eigenvalue weighted by molar-refractivity contribution is 0.101. The molecule has 1 heterocycles. The average Bonchev–Trinajstić information content (AvgIpc) is 2.47. The van der Waals surface area contributed by atoms with E-state index < -0.39 is 0 Å². The molecule has 3 nitrogen and oxygen atoms in total. The summed E-state index contributed by atoms with van der Waals surface area (Å²) < 4.78 is 5.26. The SMILES string of the molecule is CC(=O)c1coc2c(C)cc(O)cc12. The number of carbonyl (C=O) groups excluding carboxylic acids is 1. The molecule has 0 aliphatic carbocycles. The Morgan fingerprint density at radius 1 is 1.43 bits per heavy atom. The van der Waals surface area contributed by atoms with Gasteiger partial charge in [0.05, 0.1) is 5.56 Å². The van der Waals surface area contributed by atoms with Crippen molar-refractivity contribution in [1.82, 2.24) is 0 Å². The van der Waals surface area contributed by atoms with Gasteiger partial charge in [-0.1, -0.05) is 0 Å². The Morgan fingerprint density at radius 3 is 2.79 bits per heavy atom. The summed E-state index contributed by atoms with van der Waals surface area (Å²) in [7, 11) is 0. The van der Waals surface area contributed by atoms with Crippen molar-refractivity contribution in [3.05, 3.63) is 29.5 Å². The maximum Gasteiger partial charge on any atom is 0.163 e. The van der Waals surface area contributed by atoms with Gasteiger partial charge in [0.1, 0.15) is 17.6 Å². The zero-order valence-electron chi connectivity index (χ0n) is 8.00. The van der Waals surface area contributed by atoms with E-state index in [2.05, 4.69) is 0 Å². The summed E-state index contributed by atoms with van der Waals surface area (Å²) in [5.41, 5.74) is 2.00. The van der Waals surface area contributed by atoms with E-state index in [-0.39, 0.29) is 11.5 Å². The van der Waals surface area contributed by atoms with Crippen molar-refractivity contribution in [1.29, 1.82) is 0 Å². The van der Waals surface area contributed by atoms with Crippen LogP contribution in [0.25, 0.3) is 11.0 Å². The van der Waals surface area contributed by atoms with Crippen LogP contribution >= 0.6 is 0 Å². The van der Waals surface area contributed by atoms with E-state index in [9.17, 15) is 9.90 Å². The highest BCUT2D eigenvalue weighted by Crippen LogP contribution is 2.28. The molecule has 1 N–H and O–H groups in total. The molecule has 1 aromatic heterocycles. The van der Waals surface area contributed by atoms with E-state index in [1.54, 1.807) is 12.1 Å². The number of benzene rings is 1. The van der Waals surface area contributed by atoms with E-state index in [0.717, 1.165) is 5.56 Å². The molecule has 2 aromatic rings. The van der Waals surface area contributed by atoms with Crippen LogP contribution in [0.5, 0.6) is 5.75 Å². The van der Waals surface area contributed by atoms with Gasteiger partial charge in [-0.2, -0.15) is 0 Å². The first-order chi connectivity index (χ1) is 6.59. The van der Waals surface area contributed by atoms with Gasteiger partial charge in [-0.15, -0.1) is 0 Å². The van der Waals surface area contributed by atoms with Crippen molar-refractivity contribution in [2.75, 3.05) is 0 Å². The Labute approximate surface area is 81.0 Å². The van der Waals surface area contributed by atoms with Crippen LogP contribution in [-0.2, 0) is 0 Å². The highest BCUT2D eigenvalue weighted by Gasteiger charge is 2.12. The molecule has 0 amide bonds. The predicted octanol–water partition coefficient (Wildman–Crippen LogP) is 2.65. The Hall–Kier alpha value is -1.77. The topological polar surface area (TPSA) is 50.4 Å². The van der Waals surface area contributed by atoms with Crippen LogP contribution in [-0.4, -0.2) is 10.9 Å². The fraction of sp³-hybridized carbons (Fsp3) is 0.182. The second kappa shape index (κ2) is 2.87. The van der Waals surface area contributed by atoms with Gasteiger partial charge in [0, 0.05) is 5.39 Å². The number of aryl methyl sites for hydroxylation is 1. The number of rotatable bonds is 1. The van der Waals surface area contributed by atoms with Crippen LogP contribution in [0.1, 0.15) is 22.8 Å². The number of aromatic hydroxyl groups is 1. The summed E-state index contributed by atoms with van der Waals surface area (Å²) in [6, 6.07) is 3.15. The lowest BCUT2D eigenvalue weighted by atomic mass is 10.1. The van der Waals surface area contributed by atoms with Crippen LogP contribution < -0.4 is 0 Å². The molecule has 14 heavy (non-hydrogen) atoms. The summed E-state index contributed by atoms with van der Waals surface area (Å²) in [5, 5.41) is 10.1. The van der Waals surface area contributed by atoms with E-state index in [1.165, 1.54) is 13.2 Å². The number of carbonyl (C=O) groups is 1. The monoisotopic (exact) mass is 190 g/mol. The molecule has 0 saturated heterocycles. The Bertz CT molecular complexity index is 508. The molecule has 3 heteroatoms. The van der Waals surface area contributed by atoms with Crippen molar-refractivity contribution < 1.29 is 14.3 Å². The predicted molar refractivity (Wildman–Crippen MR) is 52.6 cm³/mol. The summed E-state index contributed by atoms with van der Waals surface area (Å²) >= 11 is 0. The molecule has 72 valence electrons. The molecule has 0 saturated carbocycles. The summed E-state index contributed by atoms with van der Waals surface area (Å²) in [4.78, 5) is 11.2. The quantitative estimate of drug-likeness (QED) is 0.703. The third-order valence-corrected chi connectivity index (χ3v) is 2.22. The largest absolute Gasteiger partial charge is 0.508 e. The summed E-state index contributed by atoms with van der Waals surface area (Å²) in [6.45, 7) is 3.30. The van der Waals surface area contributed by atoms with Gasteiger partial charge in [-0.05, 0) is 31.5 Å². The van der Waals surface area contributed by atoms with Crippen LogP contribution in [0.3, 0.4) is 0 Å². The standard InChI is InChI=1S/C11H10O3/c1-6-3-8(13)4-9-10(7(2)12)5-14-11(6)9/h3-5,13H,1-2H3. The Morgan fingerprint density at radius 2 is 2.14 bits per heavy atom. The van der Waals surface area contributed by atoms with Crippen molar-refractivity contribution in [3.8, 4) is 5.75 Å². The average molecular weight is 190 g/mol. The molecule has 1 aromatic carbocycles. The fourth-order valence-corrected chi connectivity index (χ4v) is 1.57. The zero-order chi connectivity index (χ0) is 10.3. The third-order valence-electron chi connectivity index (χ3n) is 2.22. The smallest absolute Gasteiger partial charge is 0.163 e. The minimum absolute atomic E-state index is 0.0613. The molecule has 0 unspecified atom stereocenters. The van der Waals surface area contributed by atoms with Crippen LogP contribution in [0.15, 0.2) is 22.8 Å². The fourth-order valence-electron chi connectivity index (χ4n) is 1.57. The molecule has 0 radical (unpaired) electrons. The van der Waals surface area contributed by atoms with Crippen LogP contribution in [0.2, 0.25) is 0 Å². The molecule has 0 spiro atoms. The van der Waals surface area contributed by atoms with Gasteiger partial charge in [0.2, 0.25) is 0 Å². The first-order valence-corrected chi connectivity index (χ1v) is 4.31. The first kappa shape index (κ1) is 8.81. The number of Topliss-reactive ketones (excluding diaryl/α,β-unsaturated/α-hetero) is 1. The molecule has 0 fully saturated rings. The van der Waals surface area contributed by atoms with Crippen molar-refractivity contribution in [3.63, 3.8) is 0 Å². The molecular formula is C11H10O3. The minimum Gasteiger partial charge on any atom is -0.508 e. The lowest BCUT2D eigenvalue weighted by Gasteiger charge is -1.97. The van der Waals surface area contributed by atoms with Gasteiger partial charge in [0.15, 0.2) is 5.78 Å². The van der Waals surface area contributed by atoms with Crippen molar-refractivity contribution in [2.24, 2.45) is 0 Å². The summed E-state index contributed by atoms with van der Waals surface area (Å²) in [6.07, 6.45) is 1.43. The highest BCUT2D eigenvalue weighted by atomic mass is 16.3. The van der Waals surface area contributed by atoms with Gasteiger partial charge in [0.25, 0.3) is 0 Å². The van der Waals surface area contributed by atoms with E-state index in [1.807, 2.05) is 6.92 Å². The maximum absolute atomic E-state index is 11.2. The molecule has 0 bridgehead atoms. The van der Waals surface area contributed by atoms with Crippen molar-refractivity contribution >= 4 is 16.8 Å². The van der Waals surface area contributed by atoms with E-state index in [0.29, 0.717) is 16.5 Å². The summed E-state index contributed by atoms with van der Waals surface area (Å²) in [5.74, 6) is 0.0904. The number of hydrogen-bond acceptors (Lipinski definition) is 3. The molecule has 0 aliphatic heterocycles. The van der Waals surface area contributed by atoms with Crippen molar-refractivity contribution in [2.45, 2.75) is 13.8 Å². The number of phenolic OH excluding ortho intramolecular Hbond substituents is 1. The number of hydrogen-bond donors (Lipinski definition) is 1. The minimum atomic E-state index is -0.0613. The number of ketones is 1. The normalized spacial score (nSPS) is 10.7. The van der Waals surface area contributed by atoms with Gasteiger partial charge < -0.3 is 9.52 Å². The number of furan rings is 1. The highest BCUT2D eigenvalue weighted by molar-refractivity contribution is 6.06. The molecule has 2 rings (SSSR count). The number of fused-ring (bicyclic) bond motifs is 1. The Balaban J connectivity index is 2.85.